The first-order valence-electron chi connectivity index (χ1n) is 5.68. The Morgan fingerprint density at radius 3 is 2.67 bits per heavy atom. The summed E-state index contributed by atoms with van der Waals surface area (Å²) in [5, 5.41) is 2.05. The molecule has 0 amide bonds. The minimum Gasteiger partial charge on any atom is -0.344 e. The van der Waals surface area contributed by atoms with Gasteiger partial charge in [0.05, 0.1) is 0 Å². The van der Waals surface area contributed by atoms with E-state index in [9.17, 15) is 0 Å². The lowest BCUT2D eigenvalue weighted by Gasteiger charge is -2.16. The first kappa shape index (κ1) is 13.5. The van der Waals surface area contributed by atoms with E-state index in [2.05, 4.69) is 37.3 Å². The average molecular weight is 327 g/mol. The van der Waals surface area contributed by atoms with E-state index >= 15 is 0 Å². The highest BCUT2D eigenvalue weighted by Crippen LogP contribution is 2.29. The van der Waals surface area contributed by atoms with Crippen LogP contribution in [0.25, 0.3) is 10.4 Å². The Labute approximate surface area is 119 Å². The van der Waals surface area contributed by atoms with Crippen molar-refractivity contribution >= 4 is 33.2 Å². The van der Waals surface area contributed by atoms with Crippen LogP contribution in [-0.2, 0) is 0 Å². The Morgan fingerprint density at radius 2 is 2.11 bits per heavy atom. The van der Waals surface area contributed by atoms with Gasteiger partial charge < -0.3 is 10.6 Å². The number of rotatable bonds is 5. The molecule has 2 heterocycles. The maximum absolute atomic E-state index is 5.49. The molecule has 2 N–H and O–H groups in total. The smallest absolute Gasteiger partial charge is 0.225 e. The molecule has 0 fully saturated rings. The Balaban J connectivity index is 2.10. The molecule has 96 valence electrons. The lowest BCUT2D eigenvalue weighted by molar-refractivity contribution is 0.775. The van der Waals surface area contributed by atoms with Crippen LogP contribution in [0, 0.1) is 0 Å². The van der Waals surface area contributed by atoms with Crippen molar-refractivity contribution in [1.29, 1.82) is 0 Å². The van der Waals surface area contributed by atoms with Gasteiger partial charge in [-0.1, -0.05) is 0 Å². The van der Waals surface area contributed by atoms with Crippen LogP contribution in [0.5, 0.6) is 0 Å². The first-order valence-corrected chi connectivity index (χ1v) is 7.35. The number of thiophene rings is 1. The predicted molar refractivity (Wildman–Crippen MR) is 80.0 cm³/mol. The summed E-state index contributed by atoms with van der Waals surface area (Å²) in [5.74, 6) is 0.739. The molecule has 0 aliphatic heterocycles. The highest BCUT2D eigenvalue weighted by molar-refractivity contribution is 9.10. The van der Waals surface area contributed by atoms with E-state index in [1.807, 2.05) is 24.3 Å². The van der Waals surface area contributed by atoms with Crippen molar-refractivity contribution in [1.82, 2.24) is 9.97 Å². The third-order valence-corrected chi connectivity index (χ3v) is 4.27. The minimum atomic E-state index is 0.686. The normalized spacial score (nSPS) is 10.6. The lowest BCUT2D eigenvalue weighted by Crippen LogP contribution is -2.22. The van der Waals surface area contributed by atoms with Crippen molar-refractivity contribution in [3.63, 3.8) is 0 Å². The molecule has 0 saturated heterocycles. The second kappa shape index (κ2) is 6.26. The van der Waals surface area contributed by atoms with E-state index in [0.29, 0.717) is 6.54 Å². The van der Waals surface area contributed by atoms with E-state index in [0.717, 1.165) is 33.8 Å². The van der Waals surface area contributed by atoms with Crippen LogP contribution >= 0.6 is 27.3 Å². The molecule has 0 atom stereocenters. The van der Waals surface area contributed by atoms with E-state index in [1.165, 1.54) is 0 Å². The largest absolute Gasteiger partial charge is 0.344 e. The number of nitrogens with zero attached hydrogens (tertiary/aromatic N) is 3. The summed E-state index contributed by atoms with van der Waals surface area (Å²) in [4.78, 5) is 11.9. The molecule has 0 unspecified atom stereocenters. The van der Waals surface area contributed by atoms with Crippen molar-refractivity contribution in [3.8, 4) is 10.4 Å². The third-order valence-electron chi connectivity index (χ3n) is 2.53. The number of hydrogen-bond acceptors (Lipinski definition) is 5. The lowest BCUT2D eigenvalue weighted by atomic mass is 10.3. The standard InChI is InChI=1S/C12H15BrN4S/c1-17(4-2-3-14)12-15-6-9(7-16-12)11-5-10(13)8-18-11/h5-8H,2-4,14H2,1H3. The van der Waals surface area contributed by atoms with Gasteiger partial charge in [0, 0.05) is 46.3 Å². The van der Waals surface area contributed by atoms with E-state index in [1.54, 1.807) is 11.3 Å². The molecule has 2 rings (SSSR count). The van der Waals surface area contributed by atoms with Gasteiger partial charge in [0.1, 0.15) is 0 Å². The van der Waals surface area contributed by atoms with Crippen molar-refractivity contribution in [3.05, 3.63) is 28.3 Å². The third kappa shape index (κ3) is 3.28. The summed E-state index contributed by atoms with van der Waals surface area (Å²) in [6.07, 6.45) is 4.67. The molecule has 0 aliphatic carbocycles. The molecule has 2 aromatic rings. The van der Waals surface area contributed by atoms with Gasteiger partial charge >= 0.3 is 0 Å². The highest BCUT2D eigenvalue weighted by Gasteiger charge is 2.06. The van der Waals surface area contributed by atoms with Gasteiger partial charge in [0.15, 0.2) is 0 Å². The van der Waals surface area contributed by atoms with Crippen molar-refractivity contribution in [2.24, 2.45) is 5.73 Å². The van der Waals surface area contributed by atoms with Gasteiger partial charge in [-0.15, -0.1) is 11.3 Å². The van der Waals surface area contributed by atoms with Crippen molar-refractivity contribution in [2.45, 2.75) is 6.42 Å². The molecule has 6 heteroatoms. The van der Waals surface area contributed by atoms with Crippen LogP contribution in [0.1, 0.15) is 6.42 Å². The van der Waals surface area contributed by atoms with Crippen LogP contribution in [0.2, 0.25) is 0 Å². The Kier molecular flexibility index (Phi) is 4.68. The molecule has 4 nitrogen and oxygen atoms in total. The molecule has 0 aromatic carbocycles. The van der Waals surface area contributed by atoms with Gasteiger partial charge in [0.25, 0.3) is 0 Å². The fraction of sp³-hybridized carbons (Fsp3) is 0.333. The minimum absolute atomic E-state index is 0.686. The quantitative estimate of drug-likeness (QED) is 0.917. The second-order valence-corrected chi connectivity index (χ2v) is 5.79. The molecule has 0 spiro atoms. The molecule has 0 aliphatic rings. The number of nitrogens with two attached hydrogens (primary N) is 1. The van der Waals surface area contributed by atoms with E-state index in [-0.39, 0.29) is 0 Å². The van der Waals surface area contributed by atoms with Gasteiger partial charge in [-0.2, -0.15) is 0 Å². The van der Waals surface area contributed by atoms with Gasteiger partial charge in [-0.3, -0.25) is 0 Å². The van der Waals surface area contributed by atoms with Crippen LogP contribution in [-0.4, -0.2) is 30.1 Å². The zero-order valence-electron chi connectivity index (χ0n) is 10.1. The fourth-order valence-electron chi connectivity index (χ4n) is 1.54. The average Bonchev–Trinajstić information content (AvgIpc) is 2.83. The maximum Gasteiger partial charge on any atom is 0.225 e. The molecular formula is C12H15BrN4S. The summed E-state index contributed by atoms with van der Waals surface area (Å²) in [7, 11) is 1.98. The van der Waals surface area contributed by atoms with Crippen molar-refractivity contribution < 1.29 is 0 Å². The molecule has 2 aromatic heterocycles. The van der Waals surface area contributed by atoms with Gasteiger partial charge in [0.2, 0.25) is 5.95 Å². The molecule has 18 heavy (non-hydrogen) atoms. The summed E-state index contributed by atoms with van der Waals surface area (Å²) < 4.78 is 1.09. The van der Waals surface area contributed by atoms with Crippen LogP contribution in [0.15, 0.2) is 28.3 Å². The number of halogens is 1. The summed E-state index contributed by atoms with van der Waals surface area (Å²) in [5.41, 5.74) is 6.53. The number of aromatic nitrogens is 2. The Morgan fingerprint density at radius 1 is 1.39 bits per heavy atom. The Hall–Kier alpha value is -0.980. The predicted octanol–water partition coefficient (Wildman–Crippen LogP) is 2.75. The van der Waals surface area contributed by atoms with E-state index in [4.69, 9.17) is 5.73 Å². The zero-order valence-corrected chi connectivity index (χ0v) is 12.5. The molecule has 0 saturated carbocycles. The molecule has 0 bridgehead atoms. The van der Waals surface area contributed by atoms with E-state index < -0.39 is 0 Å². The summed E-state index contributed by atoms with van der Waals surface area (Å²) in [6, 6.07) is 2.07. The monoisotopic (exact) mass is 326 g/mol. The summed E-state index contributed by atoms with van der Waals surface area (Å²) in [6.45, 7) is 1.56. The van der Waals surface area contributed by atoms with Gasteiger partial charge in [-0.25, -0.2) is 9.97 Å². The van der Waals surface area contributed by atoms with Crippen LogP contribution in [0.3, 0.4) is 0 Å². The zero-order chi connectivity index (χ0) is 13.0. The van der Waals surface area contributed by atoms with Crippen LogP contribution in [0.4, 0.5) is 5.95 Å². The SMILES string of the molecule is CN(CCCN)c1ncc(-c2cc(Br)cs2)cn1. The van der Waals surface area contributed by atoms with Crippen LogP contribution < -0.4 is 10.6 Å². The number of hydrogen-bond donors (Lipinski definition) is 1. The van der Waals surface area contributed by atoms with Crippen molar-refractivity contribution in [2.75, 3.05) is 25.0 Å². The number of anilines is 1. The topological polar surface area (TPSA) is 55.0 Å². The maximum atomic E-state index is 5.49. The highest BCUT2D eigenvalue weighted by atomic mass is 79.9. The fourth-order valence-corrected chi connectivity index (χ4v) is 2.94. The summed E-state index contributed by atoms with van der Waals surface area (Å²) >= 11 is 5.12. The first-order chi connectivity index (χ1) is 8.70. The second-order valence-electron chi connectivity index (χ2n) is 3.96. The molecular weight excluding hydrogens is 312 g/mol. The molecule has 0 radical (unpaired) electrons. The van der Waals surface area contributed by atoms with Gasteiger partial charge in [-0.05, 0) is 35.0 Å². The Bertz CT molecular complexity index is 497.